The average Bonchev–Trinajstić information content (AvgIpc) is 3.44. The monoisotopic (exact) mass is 683 g/mol. The summed E-state index contributed by atoms with van der Waals surface area (Å²) in [5.41, 5.74) is 3.82. The van der Waals surface area contributed by atoms with Crippen molar-refractivity contribution in [2.75, 3.05) is 25.7 Å². The van der Waals surface area contributed by atoms with Crippen LogP contribution < -0.4 is 14.4 Å². The number of benzene rings is 4. The Morgan fingerprint density at radius 2 is 1.58 bits per heavy atom. The van der Waals surface area contributed by atoms with Gasteiger partial charge in [-0.1, -0.05) is 66.4 Å². The van der Waals surface area contributed by atoms with E-state index < -0.39 is 35.4 Å². The Hall–Kier alpha value is -6.25. The number of rotatable bonds is 11. The molecular formula is C39H29N3O7S. The number of aromatic nitrogens is 1. The van der Waals surface area contributed by atoms with Gasteiger partial charge in [0.25, 0.3) is 0 Å². The number of carbonyl (C=O) groups excluding carboxylic acids is 4. The molecule has 0 spiro atoms. The SMILES string of the molecule is COc1ccc(-c2cc(-c3ccccc3)nc(SC3CC(=O)N(c4ccc(C(=O)OCC(=O)c5ccccc5OC)cc4)C3=O)c2C#N)cc1. The van der Waals surface area contributed by atoms with Crippen LogP contribution >= 0.6 is 11.8 Å². The number of nitrogens with zero attached hydrogens (tertiary/aromatic N) is 3. The van der Waals surface area contributed by atoms with E-state index in [1.165, 1.54) is 31.4 Å². The molecule has 11 heteroatoms. The van der Waals surface area contributed by atoms with Crippen molar-refractivity contribution in [3.05, 3.63) is 126 Å². The average molecular weight is 684 g/mol. The van der Waals surface area contributed by atoms with Gasteiger partial charge in [0.1, 0.15) is 22.6 Å². The van der Waals surface area contributed by atoms with Gasteiger partial charge in [0, 0.05) is 17.5 Å². The molecule has 1 saturated heterocycles. The van der Waals surface area contributed by atoms with Crippen LogP contribution in [-0.2, 0) is 14.3 Å². The molecule has 0 radical (unpaired) electrons. The summed E-state index contributed by atoms with van der Waals surface area (Å²) < 4.78 is 15.7. The Morgan fingerprint density at radius 3 is 2.26 bits per heavy atom. The fraction of sp³-hybridized carbons (Fsp3) is 0.128. The third kappa shape index (κ3) is 6.97. The molecule has 248 valence electrons. The second kappa shape index (κ2) is 14.9. The lowest BCUT2D eigenvalue weighted by Crippen LogP contribution is -2.31. The highest BCUT2D eigenvalue weighted by molar-refractivity contribution is 8.00. The number of ketones is 1. The van der Waals surface area contributed by atoms with Crippen molar-refractivity contribution in [2.24, 2.45) is 0 Å². The van der Waals surface area contributed by atoms with Crippen LogP contribution in [0.5, 0.6) is 11.5 Å². The van der Waals surface area contributed by atoms with Gasteiger partial charge in [0.15, 0.2) is 6.61 Å². The third-order valence-electron chi connectivity index (χ3n) is 8.03. The predicted molar refractivity (Wildman–Crippen MR) is 187 cm³/mol. The van der Waals surface area contributed by atoms with Crippen molar-refractivity contribution >= 4 is 41.0 Å². The molecule has 0 bridgehead atoms. The number of esters is 1. The minimum absolute atomic E-state index is 0.113. The normalized spacial score (nSPS) is 13.9. The zero-order valence-corrected chi connectivity index (χ0v) is 27.8. The molecule has 50 heavy (non-hydrogen) atoms. The number of amides is 2. The van der Waals surface area contributed by atoms with Crippen LogP contribution in [0, 0.1) is 11.3 Å². The maximum absolute atomic E-state index is 13.7. The highest BCUT2D eigenvalue weighted by atomic mass is 32.2. The number of ether oxygens (including phenoxy) is 3. The minimum atomic E-state index is -0.845. The fourth-order valence-electron chi connectivity index (χ4n) is 5.49. The smallest absolute Gasteiger partial charge is 0.338 e. The number of pyridine rings is 1. The highest BCUT2D eigenvalue weighted by Crippen LogP contribution is 2.39. The molecule has 1 atom stereocenters. The molecule has 1 unspecified atom stereocenters. The molecule has 0 saturated carbocycles. The Kier molecular flexibility index (Phi) is 10.0. The lowest BCUT2D eigenvalue weighted by atomic mass is 9.99. The summed E-state index contributed by atoms with van der Waals surface area (Å²) in [7, 11) is 3.02. The summed E-state index contributed by atoms with van der Waals surface area (Å²) in [6.07, 6.45) is -0.113. The molecule has 10 nitrogen and oxygen atoms in total. The van der Waals surface area contributed by atoms with Gasteiger partial charge in [-0.15, -0.1) is 0 Å². The second-order valence-electron chi connectivity index (χ2n) is 11.1. The summed E-state index contributed by atoms with van der Waals surface area (Å²) in [6, 6.07) is 33.3. The number of Topliss-reactive ketones (excluding diaryl/α,β-unsaturated/α-hetero) is 1. The lowest BCUT2D eigenvalue weighted by molar-refractivity contribution is -0.121. The molecule has 4 aromatic carbocycles. The van der Waals surface area contributed by atoms with Crippen molar-refractivity contribution in [3.8, 4) is 40.0 Å². The number of anilines is 1. The number of nitriles is 1. The van der Waals surface area contributed by atoms with Crippen molar-refractivity contribution < 1.29 is 33.4 Å². The zero-order valence-electron chi connectivity index (χ0n) is 27.0. The summed E-state index contributed by atoms with van der Waals surface area (Å²) >= 11 is 1.07. The van der Waals surface area contributed by atoms with Gasteiger partial charge < -0.3 is 14.2 Å². The zero-order chi connectivity index (χ0) is 35.2. The van der Waals surface area contributed by atoms with E-state index in [1.807, 2.05) is 48.5 Å². The number of methoxy groups -OCH3 is 2. The van der Waals surface area contributed by atoms with Gasteiger partial charge >= 0.3 is 5.97 Å². The van der Waals surface area contributed by atoms with Gasteiger partial charge in [0.05, 0.1) is 47.5 Å². The van der Waals surface area contributed by atoms with Gasteiger partial charge in [0.2, 0.25) is 17.6 Å². The number of carbonyl (C=O) groups is 4. The first-order valence-electron chi connectivity index (χ1n) is 15.4. The van der Waals surface area contributed by atoms with Crippen LogP contribution in [0.2, 0.25) is 0 Å². The Labute approximate surface area is 292 Å². The largest absolute Gasteiger partial charge is 0.497 e. The van der Waals surface area contributed by atoms with Crippen LogP contribution in [0.15, 0.2) is 114 Å². The number of hydrogen-bond acceptors (Lipinski definition) is 10. The minimum Gasteiger partial charge on any atom is -0.497 e. The quantitative estimate of drug-likeness (QED) is 0.0834. The first kappa shape index (κ1) is 33.6. The third-order valence-corrected chi connectivity index (χ3v) is 9.20. The topological polar surface area (TPSA) is 136 Å². The van der Waals surface area contributed by atoms with Crippen LogP contribution in [0.1, 0.15) is 32.7 Å². The van der Waals surface area contributed by atoms with Gasteiger partial charge in [-0.2, -0.15) is 5.26 Å². The molecule has 1 aliphatic rings. The molecular weight excluding hydrogens is 655 g/mol. The van der Waals surface area contributed by atoms with E-state index in [4.69, 9.17) is 19.2 Å². The number of thioether (sulfide) groups is 1. The van der Waals surface area contributed by atoms with E-state index in [0.29, 0.717) is 27.8 Å². The molecule has 2 heterocycles. The number of imide groups is 1. The predicted octanol–water partition coefficient (Wildman–Crippen LogP) is 6.77. The highest BCUT2D eigenvalue weighted by Gasteiger charge is 2.41. The number of hydrogen-bond donors (Lipinski definition) is 0. The fourth-order valence-corrected chi connectivity index (χ4v) is 6.61. The van der Waals surface area contributed by atoms with Crippen LogP contribution in [0.4, 0.5) is 5.69 Å². The molecule has 1 fully saturated rings. The van der Waals surface area contributed by atoms with Crippen LogP contribution in [-0.4, -0.2) is 54.6 Å². The van der Waals surface area contributed by atoms with Gasteiger partial charge in [-0.25, -0.2) is 14.7 Å². The molecule has 6 rings (SSSR count). The molecule has 0 aliphatic carbocycles. The summed E-state index contributed by atoms with van der Waals surface area (Å²) in [5.74, 6) is -1.04. The van der Waals surface area contributed by atoms with E-state index in [2.05, 4.69) is 6.07 Å². The Bertz CT molecular complexity index is 2130. The Balaban J connectivity index is 1.21. The lowest BCUT2D eigenvalue weighted by Gasteiger charge is -2.16. The summed E-state index contributed by atoms with van der Waals surface area (Å²) in [4.78, 5) is 58.1. The first-order chi connectivity index (χ1) is 24.3. The summed E-state index contributed by atoms with van der Waals surface area (Å²) in [5, 5.41) is 9.80. The van der Waals surface area contributed by atoms with E-state index in [1.54, 1.807) is 43.5 Å². The second-order valence-corrected chi connectivity index (χ2v) is 12.3. The maximum Gasteiger partial charge on any atom is 0.338 e. The molecule has 5 aromatic rings. The van der Waals surface area contributed by atoms with Crippen molar-refractivity contribution in [1.82, 2.24) is 4.98 Å². The van der Waals surface area contributed by atoms with Crippen molar-refractivity contribution in [2.45, 2.75) is 16.7 Å². The first-order valence-corrected chi connectivity index (χ1v) is 16.3. The van der Waals surface area contributed by atoms with E-state index >= 15 is 0 Å². The van der Waals surface area contributed by atoms with E-state index in [9.17, 15) is 24.4 Å². The molecule has 1 aromatic heterocycles. The number of para-hydroxylation sites is 1. The van der Waals surface area contributed by atoms with Crippen molar-refractivity contribution in [3.63, 3.8) is 0 Å². The van der Waals surface area contributed by atoms with E-state index in [0.717, 1.165) is 27.8 Å². The maximum atomic E-state index is 13.7. The summed E-state index contributed by atoms with van der Waals surface area (Å²) in [6.45, 7) is -0.493. The molecule has 2 amide bonds. The van der Waals surface area contributed by atoms with Crippen LogP contribution in [0.3, 0.4) is 0 Å². The van der Waals surface area contributed by atoms with Crippen LogP contribution in [0.25, 0.3) is 22.4 Å². The van der Waals surface area contributed by atoms with Crippen molar-refractivity contribution in [1.29, 1.82) is 5.26 Å². The molecule has 0 N–H and O–H groups in total. The van der Waals surface area contributed by atoms with Gasteiger partial charge in [-0.3, -0.25) is 14.4 Å². The van der Waals surface area contributed by atoms with E-state index in [-0.39, 0.29) is 28.8 Å². The Morgan fingerprint density at radius 1 is 0.880 bits per heavy atom. The standard InChI is InChI=1S/C39H29N3O7S/c1-47-28-18-14-24(15-19-28)30-20-32(25-8-4-3-5-9-25)41-37(31(30)22-40)50-35-21-36(44)42(38(35)45)27-16-12-26(13-17-27)39(46)49-23-33(43)29-10-6-7-11-34(29)48-2/h3-20,35H,21,23H2,1-2H3. The molecule has 1 aliphatic heterocycles. The van der Waals surface area contributed by atoms with Gasteiger partial charge in [-0.05, 0) is 60.2 Å².